The van der Waals surface area contributed by atoms with Gasteiger partial charge in [-0.25, -0.2) is 9.37 Å². The molecule has 2 aromatic rings. The van der Waals surface area contributed by atoms with Gasteiger partial charge in [-0.3, -0.25) is 9.79 Å². The summed E-state index contributed by atoms with van der Waals surface area (Å²) in [5.74, 6) is 1.22. The predicted octanol–water partition coefficient (Wildman–Crippen LogP) is 2.75. The standard InChI is InChI=1S/C21H21FN4O2/c1-12-6-16-19(11-24-21(16)27)25-20(12)26-4-2-14(3-5-26)28-15-7-13-9-23-10-17(13)18(22)8-15/h6-9,14H,2-5,10-11H2,1H3,(H,24,27). The number of fused-ring (bicyclic) bond motifs is 2. The molecular weight excluding hydrogens is 359 g/mol. The predicted molar refractivity (Wildman–Crippen MR) is 104 cm³/mol. The molecule has 3 aliphatic rings. The largest absolute Gasteiger partial charge is 0.490 e. The first kappa shape index (κ1) is 17.2. The van der Waals surface area contributed by atoms with Crippen molar-refractivity contribution in [3.63, 3.8) is 0 Å². The summed E-state index contributed by atoms with van der Waals surface area (Å²) in [6.45, 7) is 4.52. The van der Waals surface area contributed by atoms with Crippen LogP contribution in [-0.2, 0) is 13.1 Å². The summed E-state index contributed by atoms with van der Waals surface area (Å²) in [5.41, 5.74) is 3.97. The van der Waals surface area contributed by atoms with E-state index in [4.69, 9.17) is 9.72 Å². The normalized spacial score (nSPS) is 18.2. The van der Waals surface area contributed by atoms with Crippen LogP contribution in [0.1, 0.15) is 45.6 Å². The minimum atomic E-state index is -0.247. The lowest BCUT2D eigenvalue weighted by Crippen LogP contribution is -2.39. The van der Waals surface area contributed by atoms with E-state index in [1.807, 2.05) is 19.1 Å². The number of pyridine rings is 1. The Balaban J connectivity index is 1.27. The number of nitrogens with zero attached hydrogens (tertiary/aromatic N) is 3. The van der Waals surface area contributed by atoms with Crippen LogP contribution in [0.2, 0.25) is 0 Å². The van der Waals surface area contributed by atoms with E-state index in [9.17, 15) is 9.18 Å². The first-order valence-corrected chi connectivity index (χ1v) is 9.61. The fraction of sp³-hybridized carbons (Fsp3) is 0.381. The average Bonchev–Trinajstić information content (AvgIpc) is 3.29. The lowest BCUT2D eigenvalue weighted by molar-refractivity contribution is 0.0965. The summed E-state index contributed by atoms with van der Waals surface area (Å²) in [5, 5.41) is 2.82. The van der Waals surface area contributed by atoms with Gasteiger partial charge in [-0.2, -0.15) is 0 Å². The van der Waals surface area contributed by atoms with E-state index in [1.165, 1.54) is 6.07 Å². The number of rotatable bonds is 3. The Morgan fingerprint density at radius 2 is 2.07 bits per heavy atom. The van der Waals surface area contributed by atoms with Gasteiger partial charge in [-0.05, 0) is 24.6 Å². The van der Waals surface area contributed by atoms with Crippen molar-refractivity contribution in [2.75, 3.05) is 18.0 Å². The van der Waals surface area contributed by atoms with Crippen LogP contribution in [-0.4, -0.2) is 36.3 Å². The molecule has 7 heteroatoms. The maximum Gasteiger partial charge on any atom is 0.253 e. The number of nitrogens with one attached hydrogen (secondary N) is 1. The van der Waals surface area contributed by atoms with E-state index in [1.54, 1.807) is 6.21 Å². The molecule has 3 aliphatic heterocycles. The first-order valence-electron chi connectivity index (χ1n) is 9.61. The average molecular weight is 380 g/mol. The zero-order valence-corrected chi connectivity index (χ0v) is 15.7. The molecule has 1 N–H and O–H groups in total. The van der Waals surface area contributed by atoms with Crippen molar-refractivity contribution in [3.8, 4) is 5.75 Å². The summed E-state index contributed by atoms with van der Waals surface area (Å²) in [6.07, 6.45) is 3.42. The van der Waals surface area contributed by atoms with Gasteiger partial charge in [0.25, 0.3) is 5.91 Å². The topological polar surface area (TPSA) is 66.8 Å². The second-order valence-electron chi connectivity index (χ2n) is 7.55. The molecule has 5 rings (SSSR count). The molecule has 1 aromatic carbocycles. The van der Waals surface area contributed by atoms with Crippen molar-refractivity contribution in [1.82, 2.24) is 10.3 Å². The number of ether oxygens (including phenoxy) is 1. The van der Waals surface area contributed by atoms with Gasteiger partial charge in [0.2, 0.25) is 0 Å². The number of carbonyl (C=O) groups excluding carboxylic acids is 1. The smallest absolute Gasteiger partial charge is 0.253 e. The molecular formula is C21H21FN4O2. The fourth-order valence-corrected chi connectivity index (χ4v) is 4.15. The summed E-state index contributed by atoms with van der Waals surface area (Å²) in [6, 6.07) is 5.27. The number of carbonyl (C=O) groups is 1. The Morgan fingerprint density at radius 1 is 1.25 bits per heavy atom. The number of hydrogen-bond acceptors (Lipinski definition) is 5. The maximum absolute atomic E-state index is 14.2. The summed E-state index contributed by atoms with van der Waals surface area (Å²) >= 11 is 0. The monoisotopic (exact) mass is 380 g/mol. The molecule has 0 aliphatic carbocycles. The molecule has 0 bridgehead atoms. The van der Waals surface area contributed by atoms with E-state index in [2.05, 4.69) is 15.2 Å². The van der Waals surface area contributed by atoms with Crippen LogP contribution in [0.25, 0.3) is 0 Å². The Kier molecular flexibility index (Phi) is 4.03. The number of piperidine rings is 1. The third kappa shape index (κ3) is 2.91. The molecule has 0 saturated carbocycles. The minimum absolute atomic E-state index is 0.0455. The SMILES string of the molecule is Cc1cc2c(nc1N1CCC(Oc3cc(F)c4c(c3)C=NC4)CC1)CNC2=O. The van der Waals surface area contributed by atoms with Crippen LogP contribution in [0.5, 0.6) is 5.75 Å². The van der Waals surface area contributed by atoms with Crippen molar-refractivity contribution < 1.29 is 13.9 Å². The van der Waals surface area contributed by atoms with Crippen molar-refractivity contribution in [2.24, 2.45) is 4.99 Å². The molecule has 1 fully saturated rings. The van der Waals surface area contributed by atoms with Gasteiger partial charge < -0.3 is 15.0 Å². The Hall–Kier alpha value is -2.96. The lowest BCUT2D eigenvalue weighted by atomic mass is 10.1. The van der Waals surface area contributed by atoms with Gasteiger partial charge in [-0.1, -0.05) is 0 Å². The second kappa shape index (κ2) is 6.58. The van der Waals surface area contributed by atoms with E-state index in [-0.39, 0.29) is 17.8 Å². The zero-order chi connectivity index (χ0) is 19.3. The number of aliphatic imine (C=N–C) groups is 1. The summed E-state index contributed by atoms with van der Waals surface area (Å²) in [7, 11) is 0. The van der Waals surface area contributed by atoms with Crippen molar-refractivity contribution in [1.29, 1.82) is 0 Å². The van der Waals surface area contributed by atoms with Gasteiger partial charge in [0.1, 0.15) is 23.5 Å². The van der Waals surface area contributed by atoms with Crippen LogP contribution in [0.4, 0.5) is 10.2 Å². The number of hydrogen-bond donors (Lipinski definition) is 1. The number of amides is 1. The van der Waals surface area contributed by atoms with Gasteiger partial charge in [-0.15, -0.1) is 0 Å². The third-order valence-corrected chi connectivity index (χ3v) is 5.65. The lowest BCUT2D eigenvalue weighted by Gasteiger charge is -2.34. The molecule has 0 spiro atoms. The van der Waals surface area contributed by atoms with Gasteiger partial charge in [0.05, 0.1) is 24.3 Å². The molecule has 0 unspecified atom stereocenters. The molecule has 4 heterocycles. The van der Waals surface area contributed by atoms with Gasteiger partial charge in [0.15, 0.2) is 0 Å². The highest BCUT2D eigenvalue weighted by Gasteiger charge is 2.27. The Bertz CT molecular complexity index is 996. The number of anilines is 1. The first-order chi connectivity index (χ1) is 13.6. The highest BCUT2D eigenvalue weighted by molar-refractivity contribution is 5.98. The summed E-state index contributed by atoms with van der Waals surface area (Å²) < 4.78 is 20.2. The second-order valence-corrected chi connectivity index (χ2v) is 7.55. The van der Waals surface area contributed by atoms with Gasteiger partial charge >= 0.3 is 0 Å². The molecule has 1 saturated heterocycles. The number of aromatic nitrogens is 1. The summed E-state index contributed by atoms with van der Waals surface area (Å²) in [4.78, 5) is 22.9. The van der Waals surface area contributed by atoms with Crippen molar-refractivity contribution in [2.45, 2.75) is 39.0 Å². The third-order valence-electron chi connectivity index (χ3n) is 5.65. The van der Waals surface area contributed by atoms with E-state index in [0.717, 1.165) is 48.6 Å². The van der Waals surface area contributed by atoms with Crippen LogP contribution >= 0.6 is 0 Å². The fourth-order valence-electron chi connectivity index (χ4n) is 4.15. The maximum atomic E-state index is 14.2. The van der Waals surface area contributed by atoms with Crippen LogP contribution in [0.3, 0.4) is 0 Å². The molecule has 6 nitrogen and oxygen atoms in total. The molecule has 1 amide bonds. The van der Waals surface area contributed by atoms with Gasteiger partial charge in [0, 0.05) is 49.3 Å². The highest BCUT2D eigenvalue weighted by atomic mass is 19.1. The Labute approximate surface area is 162 Å². The minimum Gasteiger partial charge on any atom is -0.490 e. The van der Waals surface area contributed by atoms with Crippen molar-refractivity contribution in [3.05, 3.63) is 52.0 Å². The molecule has 1 aromatic heterocycles. The molecule has 144 valence electrons. The number of benzene rings is 1. The molecule has 0 atom stereocenters. The zero-order valence-electron chi connectivity index (χ0n) is 15.7. The van der Waals surface area contributed by atoms with E-state index >= 15 is 0 Å². The number of aryl methyl sites for hydroxylation is 1. The van der Waals surface area contributed by atoms with E-state index < -0.39 is 0 Å². The van der Waals surface area contributed by atoms with Crippen LogP contribution < -0.4 is 15.0 Å². The quantitative estimate of drug-likeness (QED) is 0.889. The highest BCUT2D eigenvalue weighted by Crippen LogP contribution is 2.29. The Morgan fingerprint density at radius 3 is 2.89 bits per heavy atom. The molecule has 0 radical (unpaired) electrons. The van der Waals surface area contributed by atoms with Crippen LogP contribution in [0.15, 0.2) is 23.2 Å². The molecule has 28 heavy (non-hydrogen) atoms. The van der Waals surface area contributed by atoms with Crippen LogP contribution in [0, 0.1) is 12.7 Å². The number of halogens is 1. The van der Waals surface area contributed by atoms with Crippen molar-refractivity contribution >= 4 is 17.9 Å². The van der Waals surface area contributed by atoms with E-state index in [0.29, 0.717) is 30.0 Å².